The van der Waals surface area contributed by atoms with Crippen LogP contribution in [0.1, 0.15) is 10.4 Å². The summed E-state index contributed by atoms with van der Waals surface area (Å²) in [7, 11) is -20.7. The van der Waals surface area contributed by atoms with E-state index in [1.807, 2.05) is 0 Å². The molecule has 0 aliphatic carbocycles. The third-order valence-electron chi connectivity index (χ3n) is 7.43. The van der Waals surface area contributed by atoms with Crippen LogP contribution in [-0.4, -0.2) is 186 Å². The zero-order valence-corrected chi connectivity index (χ0v) is 42.3. The minimum Gasteiger partial charge on any atom is -0.321 e. The van der Waals surface area contributed by atoms with Crippen LogP contribution in [0.15, 0.2) is 103 Å². The average molecular weight is 935 g/mol. The van der Waals surface area contributed by atoms with E-state index in [2.05, 4.69) is 25.5 Å². The van der Waals surface area contributed by atoms with Gasteiger partial charge in [0.1, 0.15) is 14.7 Å². The summed E-state index contributed by atoms with van der Waals surface area (Å²) in [4.78, 5) is 17.4. The summed E-state index contributed by atoms with van der Waals surface area (Å²) in [6.07, 6.45) is 0. The fraction of sp³-hybridized carbons (Fsp3) is 0. The Kier molecular flexibility index (Phi) is 17.9. The predicted octanol–water partition coefficient (Wildman–Crippen LogP) is 4.37. The monoisotopic (exact) mass is 933 g/mol. The van der Waals surface area contributed by atoms with Gasteiger partial charge in [0, 0.05) is 145 Å². The molecule has 1 aromatic heterocycles. The Morgan fingerprint density at radius 2 is 1.14 bits per heavy atom. The van der Waals surface area contributed by atoms with Crippen molar-refractivity contribution in [2.45, 2.75) is 19.6 Å². The molecule has 57 heavy (non-hydrogen) atoms. The van der Waals surface area contributed by atoms with E-state index in [0.717, 1.165) is 12.1 Å². The van der Waals surface area contributed by atoms with Gasteiger partial charge in [0.25, 0.3) is 46.4 Å². The molecule has 0 saturated carbocycles. The van der Waals surface area contributed by atoms with Gasteiger partial charge < -0.3 is 5.32 Å². The van der Waals surface area contributed by atoms with Crippen LogP contribution in [0.4, 0.5) is 17.1 Å². The summed E-state index contributed by atoms with van der Waals surface area (Å²) in [5, 5.41) is 8.57. The van der Waals surface area contributed by atoms with Gasteiger partial charge in [-0.3, -0.25) is 23.0 Å². The molecule has 0 spiro atoms. The van der Waals surface area contributed by atoms with Crippen LogP contribution in [0.5, 0.6) is 0 Å². The Balaban J connectivity index is 0.00000280. The van der Waals surface area contributed by atoms with Crippen molar-refractivity contribution in [1.82, 2.24) is 9.97 Å². The van der Waals surface area contributed by atoms with E-state index in [9.17, 15) is 56.7 Å². The number of fused-ring (bicyclic) bond motifs is 3. The molecule has 0 unspecified atom stereocenters. The number of aromatic nitrogens is 2. The normalized spacial score (nSPS) is 12.0. The summed E-state index contributed by atoms with van der Waals surface area (Å²) in [5.74, 6) is -0.763. The number of carbonyl (C=O) groups is 1. The van der Waals surface area contributed by atoms with Crippen molar-refractivity contribution >= 4 is 237 Å². The molecule has 1 heterocycles. The molecule has 18 nitrogen and oxygen atoms in total. The van der Waals surface area contributed by atoms with Gasteiger partial charge in [0.15, 0.2) is 10.3 Å². The summed E-state index contributed by atoms with van der Waals surface area (Å²) in [6, 6.07) is 12.6. The number of hydrogen-bond acceptors (Lipinski definition) is 13. The van der Waals surface area contributed by atoms with Gasteiger partial charge in [0.2, 0.25) is 0 Å². The largest absolute Gasteiger partial charge is 0.321 e. The first-order chi connectivity index (χ1) is 24.5. The first kappa shape index (κ1) is 52.4. The van der Waals surface area contributed by atoms with Crippen molar-refractivity contribution in [1.29, 1.82) is 0 Å². The SMILES string of the molecule is O=C(Nc1ccc(N=Nc2cc(S(=O)(=O)O)c3cc(S(=O)(=O)O)cc(S(=O)(=O)O)c3c2)c2cccc(S(=O)(=O)O)c12)c1ccc2nc(Cl)c(Cl)nc2c1.[Na].[Na].[Na].[Na]. The zero-order chi connectivity index (χ0) is 38.8. The molecule has 6 rings (SSSR count). The van der Waals surface area contributed by atoms with Crippen LogP contribution < -0.4 is 5.32 Å². The van der Waals surface area contributed by atoms with Crippen molar-refractivity contribution in [2.75, 3.05) is 5.32 Å². The Morgan fingerprint density at radius 3 is 1.72 bits per heavy atom. The summed E-state index contributed by atoms with van der Waals surface area (Å²) in [6.45, 7) is 0. The molecule has 4 radical (unpaired) electrons. The fourth-order valence-electron chi connectivity index (χ4n) is 5.21. The fourth-order valence-corrected chi connectivity index (χ4v) is 8.25. The number of anilines is 1. The maximum Gasteiger partial charge on any atom is 0.295 e. The minimum atomic E-state index is -5.31. The van der Waals surface area contributed by atoms with E-state index in [4.69, 9.17) is 23.2 Å². The summed E-state index contributed by atoms with van der Waals surface area (Å²) in [5.41, 5.74) is -0.223. The van der Waals surface area contributed by atoms with Gasteiger partial charge in [-0.2, -0.15) is 38.8 Å². The van der Waals surface area contributed by atoms with Gasteiger partial charge in [-0.05, 0) is 60.7 Å². The molecule has 1 amide bonds. The molecule has 0 fully saturated rings. The van der Waals surface area contributed by atoms with Crippen molar-refractivity contribution in [2.24, 2.45) is 10.2 Å². The smallest absolute Gasteiger partial charge is 0.295 e. The number of benzene rings is 5. The zero-order valence-electron chi connectivity index (χ0n) is 29.6. The molecule has 6 aromatic rings. The first-order valence-corrected chi connectivity index (χ1v) is 20.5. The van der Waals surface area contributed by atoms with E-state index in [1.165, 1.54) is 42.5 Å². The molecule has 5 N–H and O–H groups in total. The molecular formula is C29H17Cl2N5Na4O13S4. The summed E-state index contributed by atoms with van der Waals surface area (Å²) >= 11 is 11.9. The Bertz CT molecular complexity index is 3110. The van der Waals surface area contributed by atoms with E-state index in [-0.39, 0.29) is 162 Å². The number of carbonyl (C=O) groups excluding carboxylic acids is 1. The van der Waals surface area contributed by atoms with Crippen molar-refractivity contribution in [3.63, 3.8) is 0 Å². The average Bonchev–Trinajstić information content (AvgIpc) is 3.05. The first-order valence-electron chi connectivity index (χ1n) is 14.0. The topological polar surface area (TPSA) is 297 Å². The summed E-state index contributed by atoms with van der Waals surface area (Å²) < 4.78 is 137. The van der Waals surface area contributed by atoms with Crippen LogP contribution >= 0.6 is 23.2 Å². The van der Waals surface area contributed by atoms with Crippen LogP contribution in [0.2, 0.25) is 10.3 Å². The number of halogens is 2. The molecule has 0 atom stereocenters. The second-order valence-electron chi connectivity index (χ2n) is 10.8. The van der Waals surface area contributed by atoms with E-state index in [0.29, 0.717) is 23.7 Å². The van der Waals surface area contributed by atoms with E-state index >= 15 is 0 Å². The number of amides is 1. The van der Waals surface area contributed by atoms with Gasteiger partial charge in [0.05, 0.1) is 33.0 Å². The van der Waals surface area contributed by atoms with E-state index < -0.39 is 82.4 Å². The minimum absolute atomic E-state index is 0. The molecule has 0 saturated heterocycles. The maximum atomic E-state index is 13.4. The van der Waals surface area contributed by atoms with Crippen molar-refractivity contribution in [3.05, 3.63) is 88.7 Å². The van der Waals surface area contributed by atoms with Gasteiger partial charge in [-0.1, -0.05) is 35.3 Å². The van der Waals surface area contributed by atoms with E-state index in [1.54, 1.807) is 0 Å². The molecule has 28 heteroatoms. The van der Waals surface area contributed by atoms with Gasteiger partial charge in [-0.25, -0.2) is 9.97 Å². The number of nitrogens with one attached hydrogen (secondary N) is 1. The molecule has 0 aliphatic rings. The van der Waals surface area contributed by atoms with Gasteiger partial charge >= 0.3 is 0 Å². The van der Waals surface area contributed by atoms with Crippen molar-refractivity contribution in [3.8, 4) is 0 Å². The predicted molar refractivity (Wildman–Crippen MR) is 212 cm³/mol. The Labute approximate surface area is 421 Å². The quantitative estimate of drug-likeness (QED) is 0.0804. The van der Waals surface area contributed by atoms with Gasteiger partial charge in [-0.15, -0.1) is 5.11 Å². The second kappa shape index (κ2) is 19.5. The Hall–Kier alpha value is -0.750. The molecule has 0 bridgehead atoms. The maximum absolute atomic E-state index is 13.4. The third-order valence-corrected chi connectivity index (χ3v) is 11.6. The van der Waals surface area contributed by atoms with Crippen molar-refractivity contribution < 1.29 is 56.7 Å². The number of nitrogens with zero attached hydrogens (tertiary/aromatic N) is 4. The van der Waals surface area contributed by atoms with Crippen LogP contribution in [0.25, 0.3) is 32.6 Å². The molecule has 0 aliphatic heterocycles. The third kappa shape index (κ3) is 11.6. The van der Waals surface area contributed by atoms with Crippen LogP contribution in [0, 0.1) is 0 Å². The Morgan fingerprint density at radius 1 is 0.579 bits per heavy atom. The second-order valence-corrected chi connectivity index (χ2v) is 17.1. The van der Waals surface area contributed by atoms with Crippen LogP contribution in [0.3, 0.4) is 0 Å². The number of rotatable bonds is 8. The molecule has 278 valence electrons. The number of azo groups is 1. The standard InChI is InChI=1S/C29H17Cl2N5O13S4.4Na/c30-27-28(31)33-22-8-13(4-5-20(22)32-27)29(37)34-21-7-6-19(16-2-1-3-23(26(16)21)51(41,42)43)36-35-14-9-17-18(24(10-14)52(44,45)46)11-15(50(38,39)40)12-25(17)53(47,48)49;;;;/h1-12H,(H,34,37)(H,38,39,40)(H,41,42,43)(H,44,45,46)(H,47,48,49);;;;. The van der Waals surface area contributed by atoms with Crippen LogP contribution in [-0.2, 0) is 40.5 Å². The molecular weight excluding hydrogens is 917 g/mol. The number of hydrogen-bond donors (Lipinski definition) is 5. The molecule has 5 aromatic carbocycles.